The Balaban J connectivity index is 1.70. The number of benzene rings is 2. The number of hydrogen-bond donors (Lipinski definition) is 2. The molecule has 0 aliphatic carbocycles. The number of carbonyl (C=O) groups excluding carboxylic acids is 4. The average molecular weight is 471 g/mol. The predicted molar refractivity (Wildman–Crippen MR) is 127 cm³/mol. The minimum Gasteiger partial charge on any atom is -0.492 e. The summed E-state index contributed by atoms with van der Waals surface area (Å²) in [5, 5.41) is 5.26. The summed E-state index contributed by atoms with van der Waals surface area (Å²) < 4.78 is 15.5. The minimum atomic E-state index is -0.673. The Morgan fingerprint density at radius 3 is 2.26 bits per heavy atom. The first-order chi connectivity index (χ1) is 16.4. The minimum absolute atomic E-state index is 0.117. The third kappa shape index (κ3) is 9.32. The fourth-order valence-corrected chi connectivity index (χ4v) is 2.78. The zero-order valence-electron chi connectivity index (χ0n) is 19.4. The second kappa shape index (κ2) is 14.3. The highest BCUT2D eigenvalue weighted by atomic mass is 16.5. The van der Waals surface area contributed by atoms with Gasteiger partial charge in [0.25, 0.3) is 5.91 Å². The molecule has 0 spiro atoms. The van der Waals surface area contributed by atoms with Gasteiger partial charge in [-0.3, -0.25) is 14.4 Å². The van der Waals surface area contributed by atoms with Gasteiger partial charge < -0.3 is 24.8 Å². The number of esters is 2. The van der Waals surface area contributed by atoms with Crippen molar-refractivity contribution in [1.82, 2.24) is 0 Å². The molecular weight excluding hydrogens is 440 g/mol. The summed E-state index contributed by atoms with van der Waals surface area (Å²) in [6.45, 7) is 4.17. The van der Waals surface area contributed by atoms with E-state index in [4.69, 9.17) is 14.2 Å². The molecule has 0 aromatic heterocycles. The van der Waals surface area contributed by atoms with Crippen molar-refractivity contribution < 1.29 is 33.4 Å². The molecule has 9 heteroatoms. The average Bonchev–Trinajstić information content (AvgIpc) is 2.83. The molecule has 2 amide bonds. The van der Waals surface area contributed by atoms with E-state index >= 15 is 0 Å². The number of rotatable bonds is 13. The third-order valence-corrected chi connectivity index (χ3v) is 4.52. The van der Waals surface area contributed by atoms with Crippen LogP contribution < -0.4 is 15.4 Å². The van der Waals surface area contributed by atoms with E-state index in [9.17, 15) is 19.2 Å². The first-order valence-electron chi connectivity index (χ1n) is 11.2. The number of para-hydroxylation sites is 2. The summed E-state index contributed by atoms with van der Waals surface area (Å²) in [5.74, 6) is -1.49. The van der Waals surface area contributed by atoms with Crippen LogP contribution in [0.4, 0.5) is 11.4 Å². The predicted octanol–water partition coefficient (Wildman–Crippen LogP) is 3.94. The smallest absolute Gasteiger partial charge is 0.338 e. The molecule has 9 nitrogen and oxygen atoms in total. The molecule has 0 fully saturated rings. The largest absolute Gasteiger partial charge is 0.492 e. The summed E-state index contributed by atoms with van der Waals surface area (Å²) in [4.78, 5) is 47.9. The van der Waals surface area contributed by atoms with Crippen molar-refractivity contribution in [2.45, 2.75) is 39.5 Å². The highest BCUT2D eigenvalue weighted by molar-refractivity contribution is 5.95. The molecule has 0 saturated carbocycles. The molecule has 182 valence electrons. The van der Waals surface area contributed by atoms with Crippen LogP contribution in [0.15, 0.2) is 48.5 Å². The van der Waals surface area contributed by atoms with Gasteiger partial charge in [0.1, 0.15) is 5.75 Å². The van der Waals surface area contributed by atoms with Gasteiger partial charge in [-0.15, -0.1) is 0 Å². The lowest BCUT2D eigenvalue weighted by Crippen LogP contribution is -2.22. The molecule has 0 radical (unpaired) electrons. The summed E-state index contributed by atoms with van der Waals surface area (Å²) in [6, 6.07) is 13.2. The monoisotopic (exact) mass is 470 g/mol. The Morgan fingerprint density at radius 2 is 1.56 bits per heavy atom. The Kier molecular flexibility index (Phi) is 11.1. The highest BCUT2D eigenvalue weighted by Gasteiger charge is 2.13. The third-order valence-electron chi connectivity index (χ3n) is 4.52. The van der Waals surface area contributed by atoms with Gasteiger partial charge in [0.2, 0.25) is 5.91 Å². The first-order valence-corrected chi connectivity index (χ1v) is 11.2. The van der Waals surface area contributed by atoms with Crippen LogP contribution >= 0.6 is 0 Å². The van der Waals surface area contributed by atoms with Gasteiger partial charge in [-0.2, -0.15) is 0 Å². The van der Waals surface area contributed by atoms with Crippen molar-refractivity contribution in [2.75, 3.05) is 30.5 Å². The molecule has 2 aromatic carbocycles. The van der Waals surface area contributed by atoms with E-state index in [0.29, 0.717) is 35.9 Å². The number of anilines is 2. The normalized spacial score (nSPS) is 10.2. The molecule has 0 unspecified atom stereocenters. The number of carbonyl (C=O) groups is 4. The molecule has 0 aliphatic heterocycles. The number of nitrogens with one attached hydrogen (secondary N) is 2. The van der Waals surface area contributed by atoms with E-state index in [2.05, 4.69) is 10.6 Å². The van der Waals surface area contributed by atoms with E-state index in [1.54, 1.807) is 48.5 Å². The summed E-state index contributed by atoms with van der Waals surface area (Å²) in [5.41, 5.74) is 1.35. The molecule has 2 N–H and O–H groups in total. The fraction of sp³-hybridized carbons (Fsp3) is 0.360. The van der Waals surface area contributed by atoms with Crippen molar-refractivity contribution in [1.29, 1.82) is 0 Å². The van der Waals surface area contributed by atoms with Gasteiger partial charge in [-0.1, -0.05) is 25.5 Å². The van der Waals surface area contributed by atoms with Gasteiger partial charge >= 0.3 is 11.9 Å². The number of unbranched alkanes of at least 4 members (excludes halogenated alkanes) is 1. The maximum atomic E-state index is 12.1. The second-order valence-electron chi connectivity index (χ2n) is 7.25. The fourth-order valence-electron chi connectivity index (χ4n) is 2.78. The summed E-state index contributed by atoms with van der Waals surface area (Å²) in [6.07, 6.45) is 1.43. The van der Waals surface area contributed by atoms with E-state index in [1.807, 2.05) is 13.8 Å². The van der Waals surface area contributed by atoms with Crippen molar-refractivity contribution in [3.8, 4) is 5.75 Å². The zero-order chi connectivity index (χ0) is 24.8. The van der Waals surface area contributed by atoms with Crippen LogP contribution in [-0.2, 0) is 23.9 Å². The van der Waals surface area contributed by atoms with Gasteiger partial charge in [0, 0.05) is 12.1 Å². The van der Waals surface area contributed by atoms with Crippen LogP contribution in [0, 0.1) is 0 Å². The van der Waals surface area contributed by atoms with Crippen LogP contribution in [0.1, 0.15) is 49.9 Å². The Labute approximate surface area is 198 Å². The summed E-state index contributed by atoms with van der Waals surface area (Å²) in [7, 11) is 0. The van der Waals surface area contributed by atoms with Crippen molar-refractivity contribution in [3.05, 3.63) is 54.1 Å². The molecule has 0 aliphatic rings. The second-order valence-corrected chi connectivity index (χ2v) is 7.25. The maximum Gasteiger partial charge on any atom is 0.338 e. The number of hydrogen-bond acceptors (Lipinski definition) is 7. The molecule has 2 rings (SSSR count). The molecule has 0 saturated heterocycles. The Hall–Kier alpha value is -3.88. The van der Waals surface area contributed by atoms with Crippen LogP contribution in [0.5, 0.6) is 5.75 Å². The first kappa shape index (κ1) is 26.4. The van der Waals surface area contributed by atoms with Gasteiger partial charge in [-0.05, 0) is 49.7 Å². The lowest BCUT2D eigenvalue weighted by atomic mass is 10.2. The molecule has 2 aromatic rings. The Morgan fingerprint density at radius 1 is 0.824 bits per heavy atom. The Bertz CT molecular complexity index is 973. The van der Waals surface area contributed by atoms with E-state index in [1.165, 1.54) is 0 Å². The van der Waals surface area contributed by atoms with E-state index in [-0.39, 0.29) is 12.8 Å². The van der Waals surface area contributed by atoms with Crippen LogP contribution in [-0.4, -0.2) is 43.6 Å². The van der Waals surface area contributed by atoms with Gasteiger partial charge in [0.15, 0.2) is 6.61 Å². The standard InChI is InChI=1S/C25H30N2O7/c1-3-5-16-33-25(31)18-10-12-19(13-11-18)26-22(28)14-15-24(30)34-17-23(29)27-20-8-6-7-9-21(20)32-4-2/h6-13H,3-5,14-17H2,1-2H3,(H,26,28)(H,27,29). The molecule has 34 heavy (non-hydrogen) atoms. The van der Waals surface area contributed by atoms with Crippen LogP contribution in [0.25, 0.3) is 0 Å². The molecular formula is C25H30N2O7. The summed E-state index contributed by atoms with van der Waals surface area (Å²) >= 11 is 0. The number of amides is 2. The van der Waals surface area contributed by atoms with Gasteiger partial charge in [-0.25, -0.2) is 4.79 Å². The van der Waals surface area contributed by atoms with Crippen LogP contribution in [0.2, 0.25) is 0 Å². The highest BCUT2D eigenvalue weighted by Crippen LogP contribution is 2.23. The molecule has 0 atom stereocenters. The molecule has 0 heterocycles. The maximum absolute atomic E-state index is 12.1. The van der Waals surface area contributed by atoms with Crippen LogP contribution in [0.3, 0.4) is 0 Å². The number of ether oxygens (including phenoxy) is 3. The quantitative estimate of drug-likeness (QED) is 0.336. The van der Waals surface area contributed by atoms with Crippen molar-refractivity contribution in [3.63, 3.8) is 0 Å². The van der Waals surface area contributed by atoms with Gasteiger partial charge in [0.05, 0.1) is 30.9 Å². The lowest BCUT2D eigenvalue weighted by molar-refractivity contribution is -0.147. The lowest BCUT2D eigenvalue weighted by Gasteiger charge is -2.11. The molecule has 0 bridgehead atoms. The topological polar surface area (TPSA) is 120 Å². The zero-order valence-corrected chi connectivity index (χ0v) is 19.4. The van der Waals surface area contributed by atoms with Crippen molar-refractivity contribution in [2.24, 2.45) is 0 Å². The van der Waals surface area contributed by atoms with E-state index < -0.39 is 30.4 Å². The van der Waals surface area contributed by atoms with E-state index in [0.717, 1.165) is 12.8 Å². The van der Waals surface area contributed by atoms with Crippen molar-refractivity contribution >= 4 is 35.1 Å². The SMILES string of the molecule is CCCCOC(=O)c1ccc(NC(=O)CCC(=O)OCC(=O)Nc2ccccc2OCC)cc1.